The van der Waals surface area contributed by atoms with Crippen LogP contribution in [0.4, 0.5) is 11.4 Å². The molecule has 2 aromatic carbocycles. The van der Waals surface area contributed by atoms with E-state index >= 15 is 0 Å². The minimum Gasteiger partial charge on any atom is -0.497 e. The molecular formula is C25H24N6O3S. The van der Waals surface area contributed by atoms with Crippen LogP contribution in [-0.2, 0) is 16.1 Å². The lowest BCUT2D eigenvalue weighted by atomic mass is 10.2. The number of pyridine rings is 1. The number of amides is 2. The molecule has 0 aliphatic heterocycles. The van der Waals surface area contributed by atoms with E-state index in [-0.39, 0.29) is 24.1 Å². The van der Waals surface area contributed by atoms with Crippen molar-refractivity contribution in [3.63, 3.8) is 0 Å². The van der Waals surface area contributed by atoms with Crippen LogP contribution in [0.5, 0.6) is 5.75 Å². The SMILES string of the molecule is COc1ccc(NC(=O)CSc2nc(-c3ccncc3)nn2CC(=O)Nc2cccc(C)c2)cc1. The number of carbonyl (C=O) groups is 2. The molecule has 2 aromatic heterocycles. The van der Waals surface area contributed by atoms with Gasteiger partial charge >= 0.3 is 0 Å². The lowest BCUT2D eigenvalue weighted by Crippen LogP contribution is -2.20. The zero-order valence-electron chi connectivity index (χ0n) is 19.3. The lowest BCUT2D eigenvalue weighted by Gasteiger charge is -2.08. The van der Waals surface area contributed by atoms with Gasteiger partial charge in [0, 0.05) is 29.3 Å². The van der Waals surface area contributed by atoms with Crippen LogP contribution in [0, 0.1) is 6.92 Å². The van der Waals surface area contributed by atoms with Crippen molar-refractivity contribution >= 4 is 35.0 Å². The molecule has 0 unspecified atom stereocenters. The third-order valence-corrected chi connectivity index (χ3v) is 5.84. The number of rotatable bonds is 9. The van der Waals surface area contributed by atoms with Crippen molar-refractivity contribution in [2.24, 2.45) is 0 Å². The number of nitrogens with zero attached hydrogens (tertiary/aromatic N) is 4. The average molecular weight is 489 g/mol. The summed E-state index contributed by atoms with van der Waals surface area (Å²) in [4.78, 5) is 33.8. The van der Waals surface area contributed by atoms with Gasteiger partial charge in [0.2, 0.25) is 11.8 Å². The average Bonchev–Trinajstić information content (AvgIpc) is 3.26. The molecule has 0 bridgehead atoms. The number of hydrogen-bond acceptors (Lipinski definition) is 7. The van der Waals surface area contributed by atoms with Crippen LogP contribution in [0.15, 0.2) is 78.2 Å². The highest BCUT2D eigenvalue weighted by atomic mass is 32.2. The Morgan fingerprint density at radius 2 is 1.71 bits per heavy atom. The fraction of sp³-hybridized carbons (Fsp3) is 0.160. The monoisotopic (exact) mass is 488 g/mol. The second-order valence-electron chi connectivity index (χ2n) is 7.59. The van der Waals surface area contributed by atoms with Gasteiger partial charge in [-0.05, 0) is 61.0 Å². The molecule has 178 valence electrons. The van der Waals surface area contributed by atoms with Crippen molar-refractivity contribution in [1.29, 1.82) is 0 Å². The summed E-state index contributed by atoms with van der Waals surface area (Å²) in [6.45, 7) is 1.91. The van der Waals surface area contributed by atoms with Crippen molar-refractivity contribution < 1.29 is 14.3 Å². The Hall–Kier alpha value is -4.18. The van der Waals surface area contributed by atoms with Gasteiger partial charge in [0.25, 0.3) is 0 Å². The van der Waals surface area contributed by atoms with Crippen LogP contribution in [0.3, 0.4) is 0 Å². The quantitative estimate of drug-likeness (QED) is 0.342. The van der Waals surface area contributed by atoms with Crippen molar-refractivity contribution in [2.45, 2.75) is 18.6 Å². The molecule has 2 heterocycles. The second-order valence-corrected chi connectivity index (χ2v) is 8.54. The zero-order chi connectivity index (χ0) is 24.6. The normalized spacial score (nSPS) is 10.6. The number of ether oxygens (including phenoxy) is 1. The van der Waals surface area contributed by atoms with Gasteiger partial charge in [-0.3, -0.25) is 14.6 Å². The Bertz CT molecular complexity index is 1310. The van der Waals surface area contributed by atoms with Crippen LogP contribution in [0.1, 0.15) is 5.56 Å². The maximum absolute atomic E-state index is 12.7. The van der Waals surface area contributed by atoms with Crippen LogP contribution < -0.4 is 15.4 Å². The van der Waals surface area contributed by atoms with E-state index in [1.54, 1.807) is 55.9 Å². The standard InChI is InChI=1S/C25H24N6O3S/c1-17-4-3-5-20(14-17)28-22(32)15-31-25(29-24(30-31)18-10-12-26-13-11-18)35-16-23(33)27-19-6-8-21(34-2)9-7-19/h3-14H,15-16H2,1-2H3,(H,27,33)(H,28,32). The number of hydrogen-bond donors (Lipinski definition) is 2. The van der Waals surface area contributed by atoms with E-state index < -0.39 is 0 Å². The molecule has 4 rings (SSSR count). The predicted molar refractivity (Wildman–Crippen MR) is 135 cm³/mol. The fourth-order valence-corrected chi connectivity index (χ4v) is 3.96. The number of aryl methyl sites for hydroxylation is 1. The highest BCUT2D eigenvalue weighted by molar-refractivity contribution is 7.99. The van der Waals surface area contributed by atoms with E-state index in [1.807, 2.05) is 31.2 Å². The first-order valence-corrected chi connectivity index (χ1v) is 11.8. The van der Waals surface area contributed by atoms with Crippen LogP contribution >= 0.6 is 11.8 Å². The Kier molecular flexibility index (Phi) is 7.74. The molecule has 0 radical (unpaired) electrons. The second kappa shape index (κ2) is 11.3. The van der Waals surface area contributed by atoms with E-state index in [0.717, 1.165) is 11.1 Å². The molecule has 0 atom stereocenters. The summed E-state index contributed by atoms with van der Waals surface area (Å²) in [7, 11) is 1.59. The van der Waals surface area contributed by atoms with E-state index in [2.05, 4.69) is 25.7 Å². The van der Waals surface area contributed by atoms with Gasteiger partial charge < -0.3 is 15.4 Å². The molecule has 9 nitrogen and oxygen atoms in total. The predicted octanol–water partition coefficient (Wildman–Crippen LogP) is 4.03. The highest BCUT2D eigenvalue weighted by Crippen LogP contribution is 2.22. The first-order valence-electron chi connectivity index (χ1n) is 10.8. The fourth-order valence-electron chi connectivity index (χ4n) is 3.22. The third-order valence-electron chi connectivity index (χ3n) is 4.88. The molecule has 35 heavy (non-hydrogen) atoms. The van der Waals surface area contributed by atoms with Gasteiger partial charge in [-0.15, -0.1) is 5.10 Å². The smallest absolute Gasteiger partial charge is 0.246 e. The minimum absolute atomic E-state index is 0.0472. The Labute approximate surface area is 206 Å². The van der Waals surface area contributed by atoms with Gasteiger partial charge in [-0.25, -0.2) is 9.67 Å². The number of benzene rings is 2. The number of aromatic nitrogens is 4. The van der Waals surface area contributed by atoms with Crippen molar-refractivity contribution in [1.82, 2.24) is 19.7 Å². The summed E-state index contributed by atoms with van der Waals surface area (Å²) in [6, 6.07) is 18.2. The van der Waals surface area contributed by atoms with E-state index in [9.17, 15) is 9.59 Å². The molecular weight excluding hydrogens is 464 g/mol. The molecule has 0 aliphatic rings. The molecule has 0 saturated heterocycles. The van der Waals surface area contributed by atoms with Crippen molar-refractivity contribution in [3.8, 4) is 17.1 Å². The maximum Gasteiger partial charge on any atom is 0.246 e. The number of nitrogens with one attached hydrogen (secondary N) is 2. The Morgan fingerprint density at radius 3 is 2.43 bits per heavy atom. The molecule has 0 spiro atoms. The molecule has 0 saturated carbocycles. The topological polar surface area (TPSA) is 111 Å². The van der Waals surface area contributed by atoms with Gasteiger partial charge in [0.1, 0.15) is 12.3 Å². The van der Waals surface area contributed by atoms with Gasteiger partial charge in [-0.2, -0.15) is 0 Å². The van der Waals surface area contributed by atoms with E-state index in [1.165, 1.54) is 16.4 Å². The van der Waals surface area contributed by atoms with E-state index in [4.69, 9.17) is 4.74 Å². The molecule has 4 aromatic rings. The Morgan fingerprint density at radius 1 is 0.971 bits per heavy atom. The molecule has 0 aliphatic carbocycles. The minimum atomic E-state index is -0.244. The summed E-state index contributed by atoms with van der Waals surface area (Å²) in [6.07, 6.45) is 3.30. The summed E-state index contributed by atoms with van der Waals surface area (Å²) < 4.78 is 6.64. The maximum atomic E-state index is 12.7. The van der Waals surface area contributed by atoms with Crippen LogP contribution in [0.2, 0.25) is 0 Å². The number of methoxy groups -OCH3 is 1. The third kappa shape index (κ3) is 6.67. The van der Waals surface area contributed by atoms with Gasteiger partial charge in [0.05, 0.1) is 12.9 Å². The molecule has 2 N–H and O–H groups in total. The first kappa shape index (κ1) is 24.0. The summed E-state index contributed by atoms with van der Waals surface area (Å²) in [5, 5.41) is 10.7. The summed E-state index contributed by atoms with van der Waals surface area (Å²) in [5.41, 5.74) is 3.18. The zero-order valence-corrected chi connectivity index (χ0v) is 20.1. The van der Waals surface area contributed by atoms with Gasteiger partial charge in [0.15, 0.2) is 11.0 Å². The first-order chi connectivity index (χ1) is 17.0. The number of anilines is 2. The van der Waals surface area contributed by atoms with Crippen LogP contribution in [-0.4, -0.2) is 44.4 Å². The molecule has 2 amide bonds. The Balaban J connectivity index is 1.46. The summed E-state index contributed by atoms with van der Waals surface area (Å²) >= 11 is 1.21. The largest absolute Gasteiger partial charge is 0.497 e. The van der Waals surface area contributed by atoms with Gasteiger partial charge in [-0.1, -0.05) is 23.9 Å². The van der Waals surface area contributed by atoms with Crippen LogP contribution in [0.25, 0.3) is 11.4 Å². The van der Waals surface area contributed by atoms with Crippen molar-refractivity contribution in [3.05, 3.63) is 78.6 Å². The van der Waals surface area contributed by atoms with Crippen molar-refractivity contribution in [2.75, 3.05) is 23.5 Å². The highest BCUT2D eigenvalue weighted by Gasteiger charge is 2.17. The number of thioether (sulfide) groups is 1. The summed E-state index contributed by atoms with van der Waals surface area (Å²) in [5.74, 6) is 0.808. The number of carbonyl (C=O) groups excluding carboxylic acids is 2. The lowest BCUT2D eigenvalue weighted by molar-refractivity contribution is -0.117. The molecule has 0 fully saturated rings. The molecule has 10 heteroatoms. The van der Waals surface area contributed by atoms with E-state index in [0.29, 0.717) is 28.1 Å².